The van der Waals surface area contributed by atoms with Gasteiger partial charge in [-0.3, -0.25) is 0 Å². The highest BCUT2D eigenvalue weighted by atomic mass is 28.3. The van der Waals surface area contributed by atoms with E-state index in [1.807, 2.05) is 0 Å². The van der Waals surface area contributed by atoms with Crippen molar-refractivity contribution in [1.82, 2.24) is 0 Å². The van der Waals surface area contributed by atoms with Gasteiger partial charge in [0.15, 0.2) is 18.1 Å². The van der Waals surface area contributed by atoms with Crippen molar-refractivity contribution < 1.29 is 8.23 Å². The molecule has 0 aliphatic carbocycles. The standard InChI is InChI=1S/C7H18OSi2.C2H10OSi2/c1-3-4-5-6-7-10(2)8-9;1-5(2)3-4/h6-7,10H,3-5H2,1-2,9H3;5H,1-2,4H3. The van der Waals surface area contributed by atoms with E-state index in [2.05, 4.69) is 38.3 Å². The molecule has 0 rings (SSSR count). The minimum absolute atomic E-state index is 0.588. The van der Waals surface area contributed by atoms with Gasteiger partial charge in [0.1, 0.15) is 21.0 Å². The molecule has 0 fully saturated rings. The lowest BCUT2D eigenvalue weighted by molar-refractivity contribution is 0.647. The first-order valence-corrected chi connectivity index (χ1v) is 12.5. The Kier molecular flexibility index (Phi) is 17.3. The summed E-state index contributed by atoms with van der Waals surface area (Å²) in [5.74, 6) is 0. The minimum Gasteiger partial charge on any atom is -0.466 e. The molecule has 0 aromatic rings. The highest BCUT2D eigenvalue weighted by Gasteiger charge is 1.91. The molecule has 1 unspecified atom stereocenters. The molecule has 0 radical (unpaired) electrons. The molecule has 0 aromatic carbocycles. The first-order chi connectivity index (χ1) is 7.08. The lowest BCUT2D eigenvalue weighted by Gasteiger charge is -1.99. The van der Waals surface area contributed by atoms with E-state index < -0.39 is 18.1 Å². The van der Waals surface area contributed by atoms with Crippen LogP contribution in [0.2, 0.25) is 19.6 Å². The van der Waals surface area contributed by atoms with E-state index in [1.54, 1.807) is 0 Å². The molecule has 0 aliphatic heterocycles. The second kappa shape index (κ2) is 14.5. The third kappa shape index (κ3) is 20.6. The highest BCUT2D eigenvalue weighted by molar-refractivity contribution is 6.59. The Balaban J connectivity index is 0. The predicted octanol–water partition coefficient (Wildman–Crippen LogP) is 0.189. The van der Waals surface area contributed by atoms with Crippen molar-refractivity contribution in [3.63, 3.8) is 0 Å². The second-order valence-corrected chi connectivity index (χ2v) is 11.5. The number of hydrogen-bond acceptors (Lipinski definition) is 2. The zero-order chi connectivity index (χ0) is 12.1. The van der Waals surface area contributed by atoms with Gasteiger partial charge in [-0.2, -0.15) is 0 Å². The average Bonchev–Trinajstić information content (AvgIpc) is 2.24. The van der Waals surface area contributed by atoms with Gasteiger partial charge in [0.25, 0.3) is 0 Å². The molecule has 1 atom stereocenters. The van der Waals surface area contributed by atoms with Crippen molar-refractivity contribution in [3.05, 3.63) is 11.8 Å². The fraction of sp³-hybridized carbons (Fsp3) is 0.778. The smallest absolute Gasteiger partial charge is 0.184 e. The number of allylic oxidation sites excluding steroid dienone is 1. The summed E-state index contributed by atoms with van der Waals surface area (Å²) in [5.41, 5.74) is 2.28. The van der Waals surface area contributed by atoms with Crippen molar-refractivity contribution >= 4 is 39.1 Å². The predicted molar refractivity (Wildman–Crippen MR) is 82.6 cm³/mol. The van der Waals surface area contributed by atoms with Crippen LogP contribution in [0.4, 0.5) is 0 Å². The van der Waals surface area contributed by atoms with Gasteiger partial charge in [-0.15, -0.1) is 0 Å². The van der Waals surface area contributed by atoms with Crippen LogP contribution in [0.25, 0.3) is 0 Å². The summed E-state index contributed by atoms with van der Waals surface area (Å²) < 4.78 is 10.3. The summed E-state index contributed by atoms with van der Waals surface area (Å²) in [6.07, 6.45) is 6.12. The summed E-state index contributed by atoms with van der Waals surface area (Å²) in [6.45, 7) is 8.79. The molecule has 0 saturated carbocycles. The van der Waals surface area contributed by atoms with Crippen LogP contribution in [-0.4, -0.2) is 39.1 Å². The highest BCUT2D eigenvalue weighted by Crippen LogP contribution is 1.95. The third-order valence-electron chi connectivity index (χ3n) is 1.97. The van der Waals surface area contributed by atoms with Crippen molar-refractivity contribution in [3.8, 4) is 0 Å². The van der Waals surface area contributed by atoms with Crippen molar-refractivity contribution in [2.45, 2.75) is 45.8 Å². The van der Waals surface area contributed by atoms with E-state index in [1.165, 1.54) is 19.3 Å². The van der Waals surface area contributed by atoms with Crippen molar-refractivity contribution in [2.24, 2.45) is 0 Å². The molecular weight excluding hydrogens is 252 g/mol. The average molecular weight is 281 g/mol. The summed E-state index contributed by atoms with van der Waals surface area (Å²) in [6, 6.07) is 0. The van der Waals surface area contributed by atoms with E-state index in [0.717, 1.165) is 21.0 Å². The fourth-order valence-corrected chi connectivity index (χ4v) is 1.89. The van der Waals surface area contributed by atoms with Crippen LogP contribution >= 0.6 is 0 Å². The molecule has 15 heavy (non-hydrogen) atoms. The van der Waals surface area contributed by atoms with Gasteiger partial charge in [-0.25, -0.2) is 0 Å². The molecule has 6 heteroatoms. The Morgan fingerprint density at radius 3 is 2.00 bits per heavy atom. The van der Waals surface area contributed by atoms with E-state index >= 15 is 0 Å². The Morgan fingerprint density at radius 2 is 1.67 bits per heavy atom. The van der Waals surface area contributed by atoms with E-state index in [-0.39, 0.29) is 0 Å². The maximum absolute atomic E-state index is 5.32. The van der Waals surface area contributed by atoms with Crippen LogP contribution in [0, 0.1) is 0 Å². The van der Waals surface area contributed by atoms with Gasteiger partial charge in [0.2, 0.25) is 0 Å². The number of rotatable bonds is 6. The maximum atomic E-state index is 5.32. The van der Waals surface area contributed by atoms with Crippen LogP contribution in [-0.2, 0) is 8.23 Å². The molecule has 0 amide bonds. The molecular formula is C9H28O2Si4. The third-order valence-corrected chi connectivity index (χ3v) is 9.53. The van der Waals surface area contributed by atoms with Gasteiger partial charge in [-0.1, -0.05) is 31.5 Å². The van der Waals surface area contributed by atoms with Gasteiger partial charge in [-0.05, 0) is 26.1 Å². The summed E-state index contributed by atoms with van der Waals surface area (Å²) >= 11 is 0. The molecule has 92 valence electrons. The lowest BCUT2D eigenvalue weighted by atomic mass is 10.2. The Morgan fingerprint density at radius 1 is 1.13 bits per heavy atom. The summed E-state index contributed by atoms with van der Waals surface area (Å²) in [5, 5.41) is 0. The normalized spacial score (nSPS) is 13.1. The summed E-state index contributed by atoms with van der Waals surface area (Å²) in [4.78, 5) is 0. The Labute approximate surface area is 105 Å². The van der Waals surface area contributed by atoms with Gasteiger partial charge < -0.3 is 8.23 Å². The van der Waals surface area contributed by atoms with Crippen LogP contribution in [0.5, 0.6) is 0 Å². The zero-order valence-corrected chi connectivity index (χ0v) is 17.6. The minimum atomic E-state index is -0.843. The molecule has 2 nitrogen and oxygen atoms in total. The van der Waals surface area contributed by atoms with Crippen LogP contribution in [0.1, 0.15) is 26.2 Å². The Hall–Kier alpha value is 0.528. The van der Waals surface area contributed by atoms with Crippen LogP contribution < -0.4 is 0 Å². The van der Waals surface area contributed by atoms with Crippen LogP contribution in [0.3, 0.4) is 0 Å². The molecule has 0 aromatic heterocycles. The molecule has 0 saturated heterocycles. The van der Waals surface area contributed by atoms with Gasteiger partial charge in [0.05, 0.1) is 0 Å². The van der Waals surface area contributed by atoms with Gasteiger partial charge in [0, 0.05) is 0 Å². The number of hydrogen-bond donors (Lipinski definition) is 0. The largest absolute Gasteiger partial charge is 0.466 e. The maximum Gasteiger partial charge on any atom is 0.184 e. The van der Waals surface area contributed by atoms with Crippen molar-refractivity contribution in [2.75, 3.05) is 0 Å². The van der Waals surface area contributed by atoms with E-state index in [0.29, 0.717) is 0 Å². The molecule has 0 bridgehead atoms. The van der Waals surface area contributed by atoms with E-state index in [9.17, 15) is 0 Å². The summed E-state index contributed by atoms with van der Waals surface area (Å²) in [7, 11) is 0.407. The fourth-order valence-electron chi connectivity index (χ4n) is 0.688. The van der Waals surface area contributed by atoms with Crippen LogP contribution in [0.15, 0.2) is 11.8 Å². The molecule has 0 spiro atoms. The first-order valence-electron chi connectivity index (χ1n) is 5.80. The topological polar surface area (TPSA) is 18.5 Å². The lowest BCUT2D eigenvalue weighted by Crippen LogP contribution is -2.06. The van der Waals surface area contributed by atoms with Crippen molar-refractivity contribution in [1.29, 1.82) is 0 Å². The SMILES string of the molecule is CCCCC=C[SiH](C)O[SiH3].C[SiH](C)O[SiH3]. The second-order valence-electron chi connectivity index (χ2n) is 3.80. The monoisotopic (exact) mass is 280 g/mol. The quantitative estimate of drug-likeness (QED) is 0.511. The first kappa shape index (κ1) is 17.9. The Bertz CT molecular complexity index is 142. The van der Waals surface area contributed by atoms with Gasteiger partial charge >= 0.3 is 0 Å². The number of unbranched alkanes of at least 4 members (excludes halogenated alkanes) is 2. The molecule has 0 heterocycles. The molecule has 0 N–H and O–H groups in total. The van der Waals surface area contributed by atoms with E-state index in [4.69, 9.17) is 8.23 Å². The zero-order valence-electron chi connectivity index (χ0n) is 11.2. The molecule has 0 aliphatic rings.